The molecule has 32 heavy (non-hydrogen) atoms. The smallest absolute Gasteiger partial charge is 0.348 e. The van der Waals surface area contributed by atoms with E-state index in [4.69, 9.17) is 14.2 Å². The lowest BCUT2D eigenvalue weighted by molar-refractivity contribution is -0.282. The lowest BCUT2D eigenvalue weighted by atomic mass is 9.46. The molecule has 9 unspecified atom stereocenters. The van der Waals surface area contributed by atoms with Crippen molar-refractivity contribution in [1.29, 1.82) is 0 Å². The summed E-state index contributed by atoms with van der Waals surface area (Å²) in [5.74, 6) is -4.83. The van der Waals surface area contributed by atoms with E-state index < -0.39 is 59.2 Å². The van der Waals surface area contributed by atoms with Gasteiger partial charge in [-0.3, -0.25) is 4.79 Å². The molecule has 7 heteroatoms. The van der Waals surface area contributed by atoms with E-state index in [1.807, 2.05) is 32.9 Å². The number of hydrogen-bond acceptors (Lipinski definition) is 7. The topological polar surface area (TPSA) is 102 Å². The van der Waals surface area contributed by atoms with Crippen LogP contribution >= 0.6 is 0 Å². The zero-order chi connectivity index (χ0) is 23.2. The summed E-state index contributed by atoms with van der Waals surface area (Å²) in [5, 5.41) is 23.0. The van der Waals surface area contributed by atoms with Crippen LogP contribution in [0.25, 0.3) is 0 Å². The molecule has 2 saturated heterocycles. The molecular weight excluding hydrogens is 412 g/mol. The Bertz CT molecular complexity index is 989. The molecule has 2 heterocycles. The van der Waals surface area contributed by atoms with E-state index in [-0.39, 0.29) is 12.5 Å². The van der Waals surface area contributed by atoms with Crippen LogP contribution in [0.5, 0.6) is 0 Å². The predicted molar refractivity (Wildman–Crippen MR) is 114 cm³/mol. The molecule has 0 amide bonds. The number of aryl methyl sites for hydroxylation is 2. The summed E-state index contributed by atoms with van der Waals surface area (Å²) in [5.41, 5.74) is 3.26. The molecule has 2 aliphatic carbocycles. The van der Waals surface area contributed by atoms with E-state index in [1.165, 1.54) is 0 Å². The highest BCUT2D eigenvalue weighted by atomic mass is 16.7. The molecule has 3 fully saturated rings. The fraction of sp³-hybridized carbons (Fsp3) is 0.680. The van der Waals surface area contributed by atoms with Crippen molar-refractivity contribution in [2.75, 3.05) is 6.61 Å². The van der Waals surface area contributed by atoms with Gasteiger partial charge < -0.3 is 24.4 Å². The van der Waals surface area contributed by atoms with Crippen molar-refractivity contribution in [3.05, 3.63) is 34.4 Å². The van der Waals surface area contributed by atoms with Crippen molar-refractivity contribution in [2.45, 2.75) is 77.5 Å². The number of fused-ring (bicyclic) bond motifs is 1. The van der Waals surface area contributed by atoms with E-state index in [0.717, 1.165) is 22.3 Å². The van der Waals surface area contributed by atoms with Gasteiger partial charge in [0.05, 0.1) is 23.9 Å². The van der Waals surface area contributed by atoms with Crippen LogP contribution in [0.4, 0.5) is 0 Å². The van der Waals surface area contributed by atoms with Gasteiger partial charge in [0.2, 0.25) is 6.10 Å². The zero-order valence-electron chi connectivity index (χ0n) is 19.3. The van der Waals surface area contributed by atoms with Gasteiger partial charge in [0.15, 0.2) is 5.79 Å². The first-order valence-electron chi connectivity index (χ1n) is 11.6. The number of aliphatic hydroxyl groups is 2. The molecule has 2 aliphatic heterocycles. The third-order valence-corrected chi connectivity index (χ3v) is 8.78. The number of carbonyl (C=O) groups excluding carboxylic acids is 2. The van der Waals surface area contributed by atoms with Crippen molar-refractivity contribution in [3.8, 4) is 0 Å². The highest BCUT2D eigenvalue weighted by Crippen LogP contribution is 2.69. The number of aliphatic hydroxyl groups excluding tert-OH is 1. The van der Waals surface area contributed by atoms with Gasteiger partial charge in [-0.15, -0.1) is 0 Å². The van der Waals surface area contributed by atoms with E-state index in [0.29, 0.717) is 12.8 Å². The maximum absolute atomic E-state index is 13.2. The summed E-state index contributed by atoms with van der Waals surface area (Å²) in [7, 11) is 0. The summed E-state index contributed by atoms with van der Waals surface area (Å²) in [6.07, 6.45) is -1.81. The normalized spacial score (nSPS) is 42.5. The van der Waals surface area contributed by atoms with Gasteiger partial charge in [0, 0.05) is 12.3 Å². The minimum Gasteiger partial charge on any atom is -0.459 e. The standard InChI is InChI=1S/C25H32O7/c1-6-11(2)22(27)32-19-18-14(5)21(26)25(29)20-17-13(4)8-7-12(3)15(17)9-16(31-23(19)28)24(18,20)10-30-25/h7-8,11,14,16,18-21,26,29H,6,9-10H2,1-5H3. The number of ether oxygens (including phenoxy) is 3. The molecule has 1 saturated carbocycles. The molecule has 7 nitrogen and oxygen atoms in total. The average Bonchev–Trinajstić information content (AvgIpc) is 3.04. The first-order valence-corrected chi connectivity index (χ1v) is 11.6. The lowest BCUT2D eigenvalue weighted by Crippen LogP contribution is -2.71. The predicted octanol–water partition coefficient (Wildman–Crippen LogP) is 2.16. The van der Waals surface area contributed by atoms with Gasteiger partial charge in [-0.1, -0.05) is 32.9 Å². The Balaban J connectivity index is 1.70. The molecule has 2 N–H and O–H groups in total. The Labute approximate surface area is 188 Å². The summed E-state index contributed by atoms with van der Waals surface area (Å²) >= 11 is 0. The minimum atomic E-state index is -1.79. The van der Waals surface area contributed by atoms with E-state index in [1.54, 1.807) is 13.8 Å². The fourth-order valence-electron chi connectivity index (χ4n) is 6.90. The molecule has 0 radical (unpaired) electrons. The summed E-state index contributed by atoms with van der Waals surface area (Å²) in [6.45, 7) is 9.57. The minimum absolute atomic E-state index is 0.127. The highest BCUT2D eigenvalue weighted by molar-refractivity contribution is 5.82. The van der Waals surface area contributed by atoms with Crippen LogP contribution in [-0.4, -0.2) is 52.9 Å². The van der Waals surface area contributed by atoms with E-state index in [2.05, 4.69) is 0 Å². The number of rotatable bonds is 3. The Kier molecular flexibility index (Phi) is 4.79. The van der Waals surface area contributed by atoms with Gasteiger partial charge in [0.1, 0.15) is 12.2 Å². The largest absolute Gasteiger partial charge is 0.459 e. The second-order valence-electron chi connectivity index (χ2n) is 10.3. The van der Waals surface area contributed by atoms with Crippen LogP contribution < -0.4 is 0 Å². The monoisotopic (exact) mass is 444 g/mol. The molecule has 1 aromatic rings. The summed E-state index contributed by atoms with van der Waals surface area (Å²) in [4.78, 5) is 25.9. The highest BCUT2D eigenvalue weighted by Gasteiger charge is 2.78. The molecular formula is C25H32O7. The van der Waals surface area contributed by atoms with Crippen LogP contribution in [0.3, 0.4) is 0 Å². The van der Waals surface area contributed by atoms with E-state index >= 15 is 0 Å². The molecule has 0 aromatic heterocycles. The molecule has 174 valence electrons. The van der Waals surface area contributed by atoms with Crippen LogP contribution in [0.2, 0.25) is 0 Å². The summed E-state index contributed by atoms with van der Waals surface area (Å²) in [6, 6.07) is 4.04. The van der Waals surface area contributed by atoms with Crippen LogP contribution in [0.15, 0.2) is 12.1 Å². The van der Waals surface area contributed by atoms with Crippen LogP contribution in [0.1, 0.15) is 55.4 Å². The maximum Gasteiger partial charge on any atom is 0.348 e. The molecule has 9 atom stereocenters. The van der Waals surface area contributed by atoms with Gasteiger partial charge in [-0.25, -0.2) is 4.79 Å². The maximum atomic E-state index is 13.2. The van der Waals surface area contributed by atoms with E-state index in [9.17, 15) is 19.8 Å². The Morgan fingerprint density at radius 1 is 1.31 bits per heavy atom. The molecule has 4 aliphatic rings. The quantitative estimate of drug-likeness (QED) is 0.689. The van der Waals surface area contributed by atoms with Crippen molar-refractivity contribution in [3.63, 3.8) is 0 Å². The zero-order valence-corrected chi connectivity index (χ0v) is 19.3. The van der Waals surface area contributed by atoms with Crippen molar-refractivity contribution in [1.82, 2.24) is 0 Å². The molecule has 2 bridgehead atoms. The fourth-order valence-corrected chi connectivity index (χ4v) is 6.90. The molecule has 1 spiro atoms. The Hall–Kier alpha value is -1.96. The second-order valence-corrected chi connectivity index (χ2v) is 10.3. The van der Waals surface area contributed by atoms with Crippen LogP contribution in [0, 0.1) is 37.0 Å². The molecule has 5 rings (SSSR count). The number of esters is 2. The summed E-state index contributed by atoms with van der Waals surface area (Å²) < 4.78 is 17.7. The van der Waals surface area contributed by atoms with Crippen molar-refractivity contribution in [2.24, 2.45) is 23.2 Å². The first kappa shape index (κ1) is 21.9. The number of benzene rings is 1. The third-order valence-electron chi connectivity index (χ3n) is 8.78. The Morgan fingerprint density at radius 2 is 2.00 bits per heavy atom. The molecule has 1 aromatic carbocycles. The van der Waals surface area contributed by atoms with Gasteiger partial charge in [-0.05, 0) is 48.4 Å². The SMILES string of the molecule is CCC(C)C(=O)OC1C(=O)OC2Cc3c(C)ccc(C)c3C3C4(O)OCC23C1C(C)C4O. The lowest BCUT2D eigenvalue weighted by Gasteiger charge is -2.60. The second kappa shape index (κ2) is 7.02. The van der Waals surface area contributed by atoms with Gasteiger partial charge >= 0.3 is 11.9 Å². The Morgan fingerprint density at radius 3 is 2.69 bits per heavy atom. The average molecular weight is 445 g/mol. The van der Waals surface area contributed by atoms with Gasteiger partial charge in [-0.2, -0.15) is 0 Å². The van der Waals surface area contributed by atoms with Crippen molar-refractivity contribution < 1.29 is 34.0 Å². The number of carbonyl (C=O) groups is 2. The number of hydrogen-bond donors (Lipinski definition) is 2. The third kappa shape index (κ3) is 2.53. The van der Waals surface area contributed by atoms with Crippen molar-refractivity contribution >= 4 is 11.9 Å². The van der Waals surface area contributed by atoms with Crippen LogP contribution in [-0.2, 0) is 30.2 Å². The first-order chi connectivity index (χ1) is 15.1. The van der Waals surface area contributed by atoms with Gasteiger partial charge in [0.25, 0.3) is 0 Å².